The molecular formula is C34H42N2O8. The lowest BCUT2D eigenvalue weighted by Gasteiger charge is -2.42. The van der Waals surface area contributed by atoms with Crippen LogP contribution in [-0.4, -0.2) is 64.4 Å². The minimum Gasteiger partial charge on any atom is -0.508 e. The van der Waals surface area contributed by atoms with Gasteiger partial charge >= 0.3 is 5.97 Å². The second-order valence-electron chi connectivity index (χ2n) is 11.4. The maximum Gasteiger partial charge on any atom is 0.303 e. The minimum absolute atomic E-state index is 0.0414. The van der Waals surface area contributed by atoms with Gasteiger partial charge in [0.1, 0.15) is 5.75 Å². The number of rotatable bonds is 12. The monoisotopic (exact) mass is 606 g/mol. The van der Waals surface area contributed by atoms with E-state index >= 15 is 0 Å². The van der Waals surface area contributed by atoms with Crippen molar-refractivity contribution in [1.29, 1.82) is 0 Å². The number of amides is 1. The molecule has 3 aromatic carbocycles. The number of aliphatic hydroxyl groups excluding tert-OH is 2. The number of hydrogen-bond donors (Lipinski definition) is 4. The Hall–Kier alpha value is -3.80. The van der Waals surface area contributed by atoms with Gasteiger partial charge in [0, 0.05) is 38.0 Å². The van der Waals surface area contributed by atoms with E-state index in [0.29, 0.717) is 18.7 Å². The molecule has 1 amide bonds. The Morgan fingerprint density at radius 1 is 1.00 bits per heavy atom. The molecular weight excluding hydrogens is 564 g/mol. The molecule has 0 saturated carbocycles. The van der Waals surface area contributed by atoms with Crippen LogP contribution in [0.1, 0.15) is 67.1 Å². The van der Waals surface area contributed by atoms with Crippen LogP contribution >= 0.6 is 0 Å². The fourth-order valence-corrected chi connectivity index (χ4v) is 5.27. The number of aliphatic hydroxyl groups is 2. The van der Waals surface area contributed by atoms with Gasteiger partial charge in [0.05, 0.1) is 24.9 Å². The Morgan fingerprint density at radius 3 is 2.30 bits per heavy atom. The largest absolute Gasteiger partial charge is 0.508 e. The molecule has 0 aromatic heterocycles. The first-order valence-corrected chi connectivity index (χ1v) is 14.7. The van der Waals surface area contributed by atoms with E-state index in [2.05, 4.69) is 12.2 Å². The van der Waals surface area contributed by atoms with Crippen LogP contribution in [0.4, 0.5) is 0 Å². The van der Waals surface area contributed by atoms with Crippen molar-refractivity contribution in [1.82, 2.24) is 10.2 Å². The molecule has 44 heavy (non-hydrogen) atoms. The molecule has 1 fully saturated rings. The molecule has 1 aliphatic rings. The number of esters is 1. The second kappa shape index (κ2) is 15.3. The zero-order valence-corrected chi connectivity index (χ0v) is 25.6. The number of carbonyl (C=O) groups excluding carboxylic acids is 2. The smallest absolute Gasteiger partial charge is 0.303 e. The normalized spacial score (nSPS) is 21.4. The van der Waals surface area contributed by atoms with Crippen LogP contribution in [0.5, 0.6) is 5.75 Å². The number of hydrogen-bond acceptors (Lipinski definition) is 9. The average molecular weight is 607 g/mol. The van der Waals surface area contributed by atoms with Gasteiger partial charge < -0.3 is 39.7 Å². The maximum absolute atomic E-state index is 12.2. The zero-order chi connectivity index (χ0) is 31.8. The first kappa shape index (κ1) is 33.1. The molecule has 0 spiro atoms. The molecule has 1 heterocycles. The Labute approximate surface area is 258 Å². The van der Waals surface area contributed by atoms with Crippen molar-refractivity contribution in [2.75, 3.05) is 20.1 Å². The number of phenolic OH excluding ortho intramolecular Hbond substituents is 1. The number of ether oxygens (including phenoxy) is 3. The predicted octanol–water partition coefficient (Wildman–Crippen LogP) is 3.91. The van der Waals surface area contributed by atoms with E-state index in [-0.39, 0.29) is 42.9 Å². The first-order chi connectivity index (χ1) is 21.0. The molecule has 4 N–H and O–H groups in total. The number of phenols is 1. The highest BCUT2D eigenvalue weighted by atomic mass is 16.7. The Kier molecular flexibility index (Phi) is 11.5. The highest BCUT2D eigenvalue weighted by Crippen LogP contribution is 2.42. The summed E-state index contributed by atoms with van der Waals surface area (Å²) in [6.07, 6.45) is -2.88. The van der Waals surface area contributed by atoms with Crippen LogP contribution in [0, 0.1) is 5.92 Å². The van der Waals surface area contributed by atoms with Crippen molar-refractivity contribution in [3.8, 4) is 5.75 Å². The molecule has 0 aliphatic carbocycles. The summed E-state index contributed by atoms with van der Waals surface area (Å²) >= 11 is 0. The predicted molar refractivity (Wildman–Crippen MR) is 163 cm³/mol. The van der Waals surface area contributed by atoms with Crippen molar-refractivity contribution < 1.29 is 39.1 Å². The SMILES string of the molecule is CC(=O)O[C@@H](C)C(=O)NCc1ccc([C@H]2O[C@@H](CN(C)C[C@@H](O)c3cccc(O)c3)[C@@H](C)[C@@H](c3ccc(CO)cc3)O2)cc1. The van der Waals surface area contributed by atoms with Gasteiger partial charge in [-0.15, -0.1) is 0 Å². The Bertz CT molecular complexity index is 1380. The van der Waals surface area contributed by atoms with Gasteiger partial charge in [-0.1, -0.05) is 67.6 Å². The van der Waals surface area contributed by atoms with Gasteiger partial charge in [-0.2, -0.15) is 0 Å². The summed E-state index contributed by atoms with van der Waals surface area (Å²) in [7, 11) is 1.92. The van der Waals surface area contributed by atoms with E-state index < -0.39 is 24.5 Å². The quantitative estimate of drug-likeness (QED) is 0.226. The van der Waals surface area contributed by atoms with Gasteiger partial charge in [-0.25, -0.2) is 0 Å². The lowest BCUT2D eigenvalue weighted by molar-refractivity contribution is -0.276. The highest BCUT2D eigenvalue weighted by molar-refractivity contribution is 5.82. The molecule has 10 heteroatoms. The van der Waals surface area contributed by atoms with Crippen molar-refractivity contribution in [2.45, 2.75) is 64.6 Å². The number of benzene rings is 3. The van der Waals surface area contributed by atoms with Crippen LogP contribution in [0.15, 0.2) is 72.8 Å². The third-order valence-electron chi connectivity index (χ3n) is 7.79. The van der Waals surface area contributed by atoms with Gasteiger partial charge in [0.25, 0.3) is 5.91 Å². The van der Waals surface area contributed by atoms with Crippen molar-refractivity contribution in [3.63, 3.8) is 0 Å². The highest BCUT2D eigenvalue weighted by Gasteiger charge is 2.39. The molecule has 0 bridgehead atoms. The molecule has 4 rings (SSSR count). The molecule has 0 radical (unpaired) electrons. The molecule has 1 saturated heterocycles. The van der Waals surface area contributed by atoms with E-state index in [1.165, 1.54) is 13.8 Å². The lowest BCUT2D eigenvalue weighted by Crippen LogP contribution is -2.44. The first-order valence-electron chi connectivity index (χ1n) is 14.7. The van der Waals surface area contributed by atoms with Crippen molar-refractivity contribution in [2.24, 2.45) is 5.92 Å². The number of likely N-dealkylation sites (N-methyl/N-ethyl adjacent to an activating group) is 1. The molecule has 1 aliphatic heterocycles. The zero-order valence-electron chi connectivity index (χ0n) is 25.6. The summed E-state index contributed by atoms with van der Waals surface area (Å²) < 4.78 is 18.0. The summed E-state index contributed by atoms with van der Waals surface area (Å²) in [6, 6.07) is 21.9. The fraction of sp³-hybridized carbons (Fsp3) is 0.412. The van der Waals surface area contributed by atoms with E-state index in [4.69, 9.17) is 14.2 Å². The molecule has 0 unspecified atom stereocenters. The molecule has 3 aromatic rings. The number of nitrogens with one attached hydrogen (secondary N) is 1. The summed E-state index contributed by atoms with van der Waals surface area (Å²) in [5.74, 6) is -0.833. The van der Waals surface area contributed by atoms with E-state index in [1.54, 1.807) is 24.3 Å². The average Bonchev–Trinajstić information content (AvgIpc) is 3.00. The number of aromatic hydroxyl groups is 1. The number of carbonyl (C=O) groups is 2. The van der Waals surface area contributed by atoms with Crippen molar-refractivity contribution >= 4 is 11.9 Å². The maximum atomic E-state index is 12.2. The van der Waals surface area contributed by atoms with Crippen LogP contribution in [0.25, 0.3) is 0 Å². The third-order valence-corrected chi connectivity index (χ3v) is 7.79. The van der Waals surface area contributed by atoms with Crippen LogP contribution in [-0.2, 0) is 37.0 Å². The topological polar surface area (TPSA) is 138 Å². The van der Waals surface area contributed by atoms with Crippen LogP contribution in [0.2, 0.25) is 0 Å². The summed E-state index contributed by atoms with van der Waals surface area (Å²) in [5.41, 5.74) is 4.08. The number of nitrogens with zero attached hydrogens (tertiary/aromatic N) is 1. The molecule has 6 atom stereocenters. The fourth-order valence-electron chi connectivity index (χ4n) is 5.27. The molecule has 10 nitrogen and oxygen atoms in total. The Morgan fingerprint density at radius 2 is 1.66 bits per heavy atom. The molecule has 236 valence electrons. The van der Waals surface area contributed by atoms with Crippen LogP contribution in [0.3, 0.4) is 0 Å². The Balaban J connectivity index is 1.48. The van der Waals surface area contributed by atoms with Crippen LogP contribution < -0.4 is 5.32 Å². The lowest BCUT2D eigenvalue weighted by atomic mass is 9.90. The summed E-state index contributed by atoms with van der Waals surface area (Å²) in [4.78, 5) is 25.4. The van der Waals surface area contributed by atoms with Gasteiger partial charge in [0.15, 0.2) is 12.4 Å². The standard InChI is InChI=1S/C34H42N2O8/c1-21-31(19-36(4)18-30(40)28-6-5-7-29(39)16-28)43-34(44-32(21)26-12-10-25(20-37)11-13-26)27-14-8-24(9-15-27)17-35-33(41)22(2)42-23(3)38/h5-16,21-22,30-32,34,37,39-40H,17-20H2,1-4H3,(H,35,41)/t21-,22+,30-,31+,32+,34+/m1/s1. The van der Waals surface area contributed by atoms with Crippen molar-refractivity contribution in [3.05, 3.63) is 101 Å². The minimum atomic E-state index is -0.878. The summed E-state index contributed by atoms with van der Waals surface area (Å²) in [6.45, 7) is 5.94. The summed E-state index contributed by atoms with van der Waals surface area (Å²) in [5, 5.41) is 32.9. The third kappa shape index (κ3) is 8.87. The van der Waals surface area contributed by atoms with Gasteiger partial charge in [-0.05, 0) is 48.4 Å². The van der Waals surface area contributed by atoms with Gasteiger partial charge in [0.2, 0.25) is 0 Å². The van der Waals surface area contributed by atoms with Gasteiger partial charge in [-0.3, -0.25) is 9.59 Å². The van der Waals surface area contributed by atoms with E-state index in [0.717, 1.165) is 22.3 Å². The second-order valence-corrected chi connectivity index (χ2v) is 11.4. The van der Waals surface area contributed by atoms with E-state index in [1.807, 2.05) is 60.5 Å². The van der Waals surface area contributed by atoms with E-state index in [9.17, 15) is 24.9 Å².